The van der Waals surface area contributed by atoms with Crippen LogP contribution in [0.5, 0.6) is 0 Å². The van der Waals surface area contributed by atoms with Gasteiger partial charge in [-0.1, -0.05) is 55.5 Å². The van der Waals surface area contributed by atoms with Gasteiger partial charge in [0.05, 0.1) is 0 Å². The van der Waals surface area contributed by atoms with Crippen molar-refractivity contribution in [2.45, 2.75) is 12.8 Å². The number of carbonyl (C=O) groups excluding carboxylic acids is 1. The van der Waals surface area contributed by atoms with Gasteiger partial charge in [-0.3, -0.25) is 4.79 Å². The summed E-state index contributed by atoms with van der Waals surface area (Å²) >= 11 is 0. The zero-order chi connectivity index (χ0) is 13.7. The average Bonchev–Trinajstić information content (AvgIpc) is 2.45. The summed E-state index contributed by atoms with van der Waals surface area (Å²) in [6.07, 6.45) is 3.32. The molecule has 0 radical (unpaired) electrons. The zero-order valence-electron chi connectivity index (χ0n) is 10.7. The molecule has 0 aliphatic carbocycles. The summed E-state index contributed by atoms with van der Waals surface area (Å²) in [6.45, 7) is 1.78. The summed E-state index contributed by atoms with van der Waals surface area (Å²) in [6, 6.07) is 15.8. The summed E-state index contributed by atoms with van der Waals surface area (Å²) in [5.74, 6) is -0.686. The largest absolute Gasteiger partial charge is 0.294 e. The van der Waals surface area contributed by atoms with E-state index in [2.05, 4.69) is 0 Å². The number of carbonyl (C=O) groups is 1. The van der Waals surface area contributed by atoms with Gasteiger partial charge in [-0.25, -0.2) is 4.39 Å². The van der Waals surface area contributed by atoms with E-state index < -0.39 is 0 Å². The zero-order valence-corrected chi connectivity index (χ0v) is 10.7. The van der Waals surface area contributed by atoms with Gasteiger partial charge in [-0.15, -0.1) is 0 Å². The molecule has 0 heterocycles. The number of ketones is 1. The first-order valence-corrected chi connectivity index (χ1v) is 6.19. The van der Waals surface area contributed by atoms with E-state index in [4.69, 9.17) is 0 Å². The van der Waals surface area contributed by atoms with Crippen LogP contribution in [0.1, 0.15) is 24.0 Å². The van der Waals surface area contributed by atoms with Crippen LogP contribution in [0, 0.1) is 5.82 Å². The van der Waals surface area contributed by atoms with E-state index in [1.54, 1.807) is 31.2 Å². The summed E-state index contributed by atoms with van der Waals surface area (Å²) < 4.78 is 13.1. The Kier molecular flexibility index (Phi) is 4.24. The lowest BCUT2D eigenvalue weighted by atomic mass is 9.96. The van der Waals surface area contributed by atoms with Crippen LogP contribution in [0.25, 0.3) is 6.08 Å². The van der Waals surface area contributed by atoms with E-state index in [0.717, 1.165) is 5.56 Å². The van der Waals surface area contributed by atoms with Crippen molar-refractivity contribution >= 4 is 11.9 Å². The van der Waals surface area contributed by atoms with Crippen LogP contribution < -0.4 is 0 Å². The molecule has 0 aromatic heterocycles. The fraction of sp³-hybridized carbons (Fsp3) is 0.118. The molecule has 0 amide bonds. The summed E-state index contributed by atoms with van der Waals surface area (Å²) in [7, 11) is 0. The van der Waals surface area contributed by atoms with Crippen LogP contribution in [-0.2, 0) is 4.79 Å². The summed E-state index contributed by atoms with van der Waals surface area (Å²) in [5.41, 5.74) is 1.67. The number of rotatable bonds is 4. The highest BCUT2D eigenvalue weighted by Gasteiger charge is 2.12. The van der Waals surface area contributed by atoms with Crippen LogP contribution in [0.4, 0.5) is 4.39 Å². The molecule has 2 aromatic rings. The topological polar surface area (TPSA) is 17.1 Å². The minimum atomic E-state index is -0.337. The normalized spacial score (nSPS) is 12.5. The van der Waals surface area contributed by atoms with Gasteiger partial charge in [0, 0.05) is 5.92 Å². The molecule has 0 saturated carbocycles. The van der Waals surface area contributed by atoms with Crippen molar-refractivity contribution in [2.75, 3.05) is 0 Å². The Morgan fingerprint density at radius 3 is 2.53 bits per heavy atom. The van der Waals surface area contributed by atoms with Crippen molar-refractivity contribution in [3.63, 3.8) is 0 Å². The van der Waals surface area contributed by atoms with Crippen molar-refractivity contribution in [1.82, 2.24) is 0 Å². The van der Waals surface area contributed by atoms with Gasteiger partial charge in [0.15, 0.2) is 5.78 Å². The van der Waals surface area contributed by atoms with Crippen molar-refractivity contribution in [1.29, 1.82) is 0 Å². The molecule has 0 saturated heterocycles. The van der Waals surface area contributed by atoms with E-state index in [-0.39, 0.29) is 17.5 Å². The SMILES string of the molecule is CC(C(=O)/C=C/c1ccccc1)c1cccc(F)c1. The van der Waals surface area contributed by atoms with E-state index in [0.29, 0.717) is 5.56 Å². The van der Waals surface area contributed by atoms with Crippen molar-refractivity contribution < 1.29 is 9.18 Å². The minimum absolute atomic E-state index is 0.0329. The first kappa shape index (κ1) is 13.2. The minimum Gasteiger partial charge on any atom is -0.294 e. The lowest BCUT2D eigenvalue weighted by Gasteiger charge is -2.07. The van der Waals surface area contributed by atoms with Crippen molar-refractivity contribution in [3.8, 4) is 0 Å². The number of hydrogen-bond donors (Lipinski definition) is 0. The van der Waals surface area contributed by atoms with Gasteiger partial charge in [0.2, 0.25) is 0 Å². The maximum Gasteiger partial charge on any atom is 0.162 e. The van der Waals surface area contributed by atoms with Crippen molar-refractivity contribution in [2.24, 2.45) is 0 Å². The maximum absolute atomic E-state index is 13.1. The molecule has 2 heteroatoms. The maximum atomic E-state index is 13.1. The molecule has 2 rings (SSSR count). The molecule has 19 heavy (non-hydrogen) atoms. The van der Waals surface area contributed by atoms with Crippen LogP contribution in [0.2, 0.25) is 0 Å². The number of allylic oxidation sites excluding steroid dienone is 1. The van der Waals surface area contributed by atoms with Crippen LogP contribution in [0.3, 0.4) is 0 Å². The molecular weight excluding hydrogens is 239 g/mol. The Balaban J connectivity index is 2.10. The predicted octanol–water partition coefficient (Wildman–Crippen LogP) is 4.21. The van der Waals surface area contributed by atoms with E-state index in [1.165, 1.54) is 12.1 Å². The third kappa shape index (κ3) is 3.62. The average molecular weight is 254 g/mol. The molecule has 0 spiro atoms. The molecule has 2 aromatic carbocycles. The van der Waals surface area contributed by atoms with Crippen molar-refractivity contribution in [3.05, 3.63) is 77.6 Å². The Labute approximate surface area is 112 Å². The number of benzene rings is 2. The lowest BCUT2D eigenvalue weighted by Crippen LogP contribution is -2.06. The second-order valence-corrected chi connectivity index (χ2v) is 4.42. The molecule has 0 aliphatic heterocycles. The quantitative estimate of drug-likeness (QED) is 0.747. The van der Waals surface area contributed by atoms with Gasteiger partial charge in [-0.2, -0.15) is 0 Å². The first-order valence-electron chi connectivity index (χ1n) is 6.19. The monoisotopic (exact) mass is 254 g/mol. The van der Waals surface area contributed by atoms with Crippen LogP contribution in [0.15, 0.2) is 60.7 Å². The van der Waals surface area contributed by atoms with Crippen LogP contribution >= 0.6 is 0 Å². The smallest absolute Gasteiger partial charge is 0.162 e. The Morgan fingerprint density at radius 1 is 1.11 bits per heavy atom. The highest BCUT2D eigenvalue weighted by atomic mass is 19.1. The Morgan fingerprint density at radius 2 is 1.84 bits per heavy atom. The van der Waals surface area contributed by atoms with Gasteiger partial charge in [0.25, 0.3) is 0 Å². The number of hydrogen-bond acceptors (Lipinski definition) is 1. The molecular formula is C17H15FO. The molecule has 0 aliphatic rings. The molecule has 1 atom stereocenters. The lowest BCUT2D eigenvalue weighted by molar-refractivity contribution is -0.115. The third-order valence-electron chi connectivity index (χ3n) is 3.02. The fourth-order valence-electron chi connectivity index (χ4n) is 1.83. The second-order valence-electron chi connectivity index (χ2n) is 4.42. The fourth-order valence-corrected chi connectivity index (χ4v) is 1.83. The predicted molar refractivity (Wildman–Crippen MR) is 75.3 cm³/mol. The van der Waals surface area contributed by atoms with Gasteiger partial charge < -0.3 is 0 Å². The third-order valence-corrected chi connectivity index (χ3v) is 3.02. The van der Waals surface area contributed by atoms with E-state index in [1.807, 2.05) is 30.3 Å². The first-order chi connectivity index (χ1) is 9.16. The molecule has 1 unspecified atom stereocenters. The second kappa shape index (κ2) is 6.10. The summed E-state index contributed by atoms with van der Waals surface area (Å²) in [5, 5.41) is 0. The van der Waals surface area contributed by atoms with Crippen LogP contribution in [-0.4, -0.2) is 5.78 Å². The number of halogens is 1. The highest BCUT2D eigenvalue weighted by molar-refractivity contribution is 5.98. The molecule has 0 N–H and O–H groups in total. The Hall–Kier alpha value is -2.22. The van der Waals surface area contributed by atoms with Gasteiger partial charge >= 0.3 is 0 Å². The van der Waals surface area contributed by atoms with E-state index >= 15 is 0 Å². The van der Waals surface area contributed by atoms with Gasteiger partial charge in [-0.05, 0) is 29.3 Å². The molecule has 0 bridgehead atoms. The molecule has 1 nitrogen and oxygen atoms in total. The molecule has 0 fully saturated rings. The molecule has 96 valence electrons. The Bertz CT molecular complexity index is 587. The summed E-state index contributed by atoms with van der Waals surface area (Å²) in [4.78, 5) is 12.0. The van der Waals surface area contributed by atoms with Gasteiger partial charge in [0.1, 0.15) is 5.82 Å². The highest BCUT2D eigenvalue weighted by Crippen LogP contribution is 2.18. The standard InChI is InChI=1S/C17H15FO/c1-13(15-8-5-9-16(18)12-15)17(19)11-10-14-6-3-2-4-7-14/h2-13H,1H3/b11-10+. The van der Waals surface area contributed by atoms with E-state index in [9.17, 15) is 9.18 Å².